The van der Waals surface area contributed by atoms with E-state index in [1.165, 1.54) is 24.0 Å². The van der Waals surface area contributed by atoms with Gasteiger partial charge in [-0.25, -0.2) is 4.98 Å². The first-order valence-corrected chi connectivity index (χ1v) is 7.53. The highest BCUT2D eigenvalue weighted by molar-refractivity contribution is 7.09. The minimum atomic E-state index is 0.443. The average molecular weight is 274 g/mol. The van der Waals surface area contributed by atoms with Crippen molar-refractivity contribution < 1.29 is 4.74 Å². The number of nitrogens with zero attached hydrogens (tertiary/aromatic N) is 1. The van der Waals surface area contributed by atoms with Crippen molar-refractivity contribution in [2.24, 2.45) is 0 Å². The third-order valence-electron chi connectivity index (χ3n) is 3.65. The summed E-state index contributed by atoms with van der Waals surface area (Å²) in [6.45, 7) is 0.855. The predicted octanol–water partition coefficient (Wildman–Crippen LogP) is 3.32. The van der Waals surface area contributed by atoms with E-state index < -0.39 is 0 Å². The van der Waals surface area contributed by atoms with E-state index in [-0.39, 0.29) is 0 Å². The third-order valence-corrected chi connectivity index (χ3v) is 4.43. The lowest BCUT2D eigenvalue weighted by atomic mass is 9.87. The second kappa shape index (κ2) is 5.72. The van der Waals surface area contributed by atoms with Crippen LogP contribution < -0.4 is 10.1 Å². The normalized spacial score (nSPS) is 18.1. The van der Waals surface area contributed by atoms with Crippen LogP contribution in [0, 0.1) is 0 Å². The molecule has 0 bridgehead atoms. The molecule has 1 unspecified atom stereocenters. The van der Waals surface area contributed by atoms with Crippen molar-refractivity contribution in [3.05, 3.63) is 45.9 Å². The molecule has 0 aliphatic heterocycles. The molecule has 4 heteroatoms. The molecule has 0 amide bonds. The topological polar surface area (TPSA) is 34.1 Å². The SMILES string of the molecule is COc1ccc2c(c1)CCCC2NCc1nccs1. The summed E-state index contributed by atoms with van der Waals surface area (Å²) in [6, 6.07) is 6.88. The maximum absolute atomic E-state index is 5.31. The van der Waals surface area contributed by atoms with Crippen LogP contribution >= 0.6 is 11.3 Å². The molecular weight excluding hydrogens is 256 g/mol. The Morgan fingerprint density at radius 2 is 2.42 bits per heavy atom. The number of hydrogen-bond donors (Lipinski definition) is 1. The standard InChI is InChI=1S/C15H18N2OS/c1-18-12-5-6-13-11(9-12)3-2-4-14(13)17-10-15-16-7-8-19-15/h5-9,14,17H,2-4,10H2,1H3. The first-order chi connectivity index (χ1) is 9.36. The molecule has 2 aromatic rings. The number of ether oxygens (including phenoxy) is 1. The maximum atomic E-state index is 5.31. The molecule has 0 spiro atoms. The van der Waals surface area contributed by atoms with Gasteiger partial charge in [0.1, 0.15) is 10.8 Å². The molecule has 0 saturated carbocycles. The minimum absolute atomic E-state index is 0.443. The largest absolute Gasteiger partial charge is 0.497 e. The number of rotatable bonds is 4. The van der Waals surface area contributed by atoms with Crippen LogP contribution in [0.15, 0.2) is 29.8 Å². The Kier molecular flexibility index (Phi) is 3.80. The van der Waals surface area contributed by atoms with Crippen LogP contribution in [-0.4, -0.2) is 12.1 Å². The molecule has 3 nitrogen and oxygen atoms in total. The summed E-state index contributed by atoms with van der Waals surface area (Å²) in [6.07, 6.45) is 5.45. The zero-order valence-electron chi connectivity index (χ0n) is 11.1. The zero-order valence-corrected chi connectivity index (χ0v) is 11.9. The van der Waals surface area contributed by atoms with Crippen LogP contribution in [-0.2, 0) is 13.0 Å². The summed E-state index contributed by atoms with van der Waals surface area (Å²) in [5.41, 5.74) is 2.84. The molecule has 1 aromatic carbocycles. The predicted molar refractivity (Wildman–Crippen MR) is 77.6 cm³/mol. The van der Waals surface area contributed by atoms with Crippen LogP contribution in [0.3, 0.4) is 0 Å². The lowest BCUT2D eigenvalue weighted by molar-refractivity contribution is 0.410. The van der Waals surface area contributed by atoms with Gasteiger partial charge in [-0.1, -0.05) is 6.07 Å². The van der Waals surface area contributed by atoms with Crippen molar-refractivity contribution in [2.75, 3.05) is 7.11 Å². The van der Waals surface area contributed by atoms with Crippen molar-refractivity contribution in [1.29, 1.82) is 0 Å². The van der Waals surface area contributed by atoms with Gasteiger partial charge in [0.2, 0.25) is 0 Å². The van der Waals surface area contributed by atoms with Gasteiger partial charge in [-0.2, -0.15) is 0 Å². The molecule has 0 fully saturated rings. The number of hydrogen-bond acceptors (Lipinski definition) is 4. The zero-order chi connectivity index (χ0) is 13.1. The summed E-state index contributed by atoms with van der Waals surface area (Å²) >= 11 is 1.71. The number of fused-ring (bicyclic) bond motifs is 1. The monoisotopic (exact) mass is 274 g/mol. The average Bonchev–Trinajstić information content (AvgIpc) is 2.97. The minimum Gasteiger partial charge on any atom is -0.497 e. The number of thiazole rings is 1. The molecule has 1 N–H and O–H groups in total. The highest BCUT2D eigenvalue weighted by atomic mass is 32.1. The Labute approximate surface area is 117 Å². The quantitative estimate of drug-likeness (QED) is 0.928. The molecule has 1 aliphatic carbocycles. The molecule has 1 aliphatic rings. The van der Waals surface area contributed by atoms with Crippen LogP contribution in [0.2, 0.25) is 0 Å². The fourth-order valence-corrected chi connectivity index (χ4v) is 3.25. The van der Waals surface area contributed by atoms with Crippen molar-refractivity contribution in [1.82, 2.24) is 10.3 Å². The molecule has 1 heterocycles. The number of methoxy groups -OCH3 is 1. The van der Waals surface area contributed by atoms with Gasteiger partial charge in [-0.15, -0.1) is 11.3 Å². The Morgan fingerprint density at radius 3 is 3.21 bits per heavy atom. The van der Waals surface area contributed by atoms with E-state index in [0.29, 0.717) is 6.04 Å². The smallest absolute Gasteiger partial charge is 0.119 e. The molecule has 19 heavy (non-hydrogen) atoms. The van der Waals surface area contributed by atoms with Gasteiger partial charge in [0, 0.05) is 24.2 Å². The lowest BCUT2D eigenvalue weighted by Crippen LogP contribution is -2.24. The fraction of sp³-hybridized carbons (Fsp3) is 0.400. The first kappa shape index (κ1) is 12.6. The summed E-state index contributed by atoms with van der Waals surface area (Å²) in [5, 5.41) is 6.80. The summed E-state index contributed by atoms with van der Waals surface area (Å²) < 4.78 is 5.31. The number of aryl methyl sites for hydroxylation is 1. The lowest BCUT2D eigenvalue weighted by Gasteiger charge is -2.26. The summed E-state index contributed by atoms with van der Waals surface area (Å²) in [7, 11) is 1.72. The molecule has 0 radical (unpaired) electrons. The van der Waals surface area contributed by atoms with E-state index in [1.54, 1.807) is 18.4 Å². The molecule has 3 rings (SSSR count). The van der Waals surface area contributed by atoms with Gasteiger partial charge in [0.15, 0.2) is 0 Å². The van der Waals surface area contributed by atoms with E-state index in [9.17, 15) is 0 Å². The fourth-order valence-electron chi connectivity index (χ4n) is 2.68. The Hall–Kier alpha value is -1.39. The van der Waals surface area contributed by atoms with Crippen molar-refractivity contribution in [3.8, 4) is 5.75 Å². The highest BCUT2D eigenvalue weighted by Gasteiger charge is 2.20. The molecule has 1 aromatic heterocycles. The number of benzene rings is 1. The van der Waals surface area contributed by atoms with E-state index in [4.69, 9.17) is 4.74 Å². The third kappa shape index (κ3) is 2.80. The molecular formula is C15H18N2OS. The van der Waals surface area contributed by atoms with Crippen LogP contribution in [0.1, 0.15) is 35.0 Å². The van der Waals surface area contributed by atoms with Crippen molar-refractivity contribution >= 4 is 11.3 Å². The van der Waals surface area contributed by atoms with Gasteiger partial charge < -0.3 is 10.1 Å². The maximum Gasteiger partial charge on any atom is 0.119 e. The van der Waals surface area contributed by atoms with Crippen LogP contribution in [0.25, 0.3) is 0 Å². The summed E-state index contributed by atoms with van der Waals surface area (Å²) in [4.78, 5) is 4.32. The Balaban J connectivity index is 1.74. The van der Waals surface area contributed by atoms with Gasteiger partial charge in [0.05, 0.1) is 7.11 Å². The number of nitrogens with one attached hydrogen (secondary N) is 1. The van der Waals surface area contributed by atoms with Gasteiger partial charge >= 0.3 is 0 Å². The van der Waals surface area contributed by atoms with Crippen LogP contribution in [0.5, 0.6) is 5.75 Å². The van der Waals surface area contributed by atoms with Crippen molar-refractivity contribution in [2.45, 2.75) is 31.8 Å². The first-order valence-electron chi connectivity index (χ1n) is 6.65. The molecule has 1 atom stereocenters. The van der Waals surface area contributed by atoms with Gasteiger partial charge in [0.25, 0.3) is 0 Å². The Morgan fingerprint density at radius 1 is 1.47 bits per heavy atom. The van der Waals surface area contributed by atoms with Crippen LogP contribution in [0.4, 0.5) is 0 Å². The highest BCUT2D eigenvalue weighted by Crippen LogP contribution is 2.32. The summed E-state index contributed by atoms with van der Waals surface area (Å²) in [5.74, 6) is 0.958. The second-order valence-corrected chi connectivity index (χ2v) is 5.80. The molecule has 100 valence electrons. The molecule has 0 saturated heterocycles. The van der Waals surface area contributed by atoms with E-state index >= 15 is 0 Å². The van der Waals surface area contributed by atoms with E-state index in [2.05, 4.69) is 28.5 Å². The Bertz CT molecular complexity index is 539. The number of aromatic nitrogens is 1. The second-order valence-electron chi connectivity index (χ2n) is 4.82. The van der Waals surface area contributed by atoms with E-state index in [1.807, 2.05) is 11.6 Å². The van der Waals surface area contributed by atoms with Gasteiger partial charge in [-0.3, -0.25) is 0 Å². The van der Waals surface area contributed by atoms with E-state index in [0.717, 1.165) is 23.7 Å². The van der Waals surface area contributed by atoms with Gasteiger partial charge in [-0.05, 0) is 42.5 Å². The van der Waals surface area contributed by atoms with Crippen molar-refractivity contribution in [3.63, 3.8) is 0 Å².